The van der Waals surface area contributed by atoms with Gasteiger partial charge in [0.15, 0.2) is 5.75 Å². The van der Waals surface area contributed by atoms with Crippen molar-refractivity contribution in [3.05, 3.63) is 54.1 Å². The van der Waals surface area contributed by atoms with E-state index in [0.29, 0.717) is 18.8 Å². The molecule has 92 valence electrons. The lowest BCUT2D eigenvalue weighted by Crippen LogP contribution is -2.06. The number of aromatic nitrogens is 2. The Hall–Kier alpha value is -2.43. The first-order valence-electron chi connectivity index (χ1n) is 5.46. The summed E-state index contributed by atoms with van der Waals surface area (Å²) < 4.78 is 5.44. The van der Waals surface area contributed by atoms with Crippen LogP contribution in [0, 0.1) is 0 Å². The Bertz CT molecular complexity index is 529. The van der Waals surface area contributed by atoms with Crippen molar-refractivity contribution in [2.75, 3.05) is 6.61 Å². The van der Waals surface area contributed by atoms with Crippen LogP contribution in [0.4, 0.5) is 0 Å². The molecule has 1 N–H and O–H groups in total. The van der Waals surface area contributed by atoms with Gasteiger partial charge in [-0.25, -0.2) is 4.79 Å². The molecule has 0 fully saturated rings. The summed E-state index contributed by atoms with van der Waals surface area (Å²) in [5.74, 6) is -0.727. The fourth-order valence-electron chi connectivity index (χ4n) is 1.50. The van der Waals surface area contributed by atoms with Crippen LogP contribution in [0.25, 0.3) is 0 Å². The molecule has 2 aromatic heterocycles. The summed E-state index contributed by atoms with van der Waals surface area (Å²) >= 11 is 0. The summed E-state index contributed by atoms with van der Waals surface area (Å²) in [6, 6.07) is 5.21. The molecule has 0 spiro atoms. The smallest absolute Gasteiger partial charge is 0.339 e. The molecule has 18 heavy (non-hydrogen) atoms. The molecule has 0 aliphatic rings. The zero-order valence-corrected chi connectivity index (χ0v) is 9.61. The third kappa shape index (κ3) is 3.04. The number of hydrogen-bond donors (Lipinski definition) is 1. The highest BCUT2D eigenvalue weighted by Gasteiger charge is 2.10. The molecule has 2 rings (SSSR count). The first-order valence-corrected chi connectivity index (χ1v) is 5.46. The number of nitrogens with zero attached hydrogens (tertiary/aromatic N) is 2. The second kappa shape index (κ2) is 5.77. The van der Waals surface area contributed by atoms with Crippen LogP contribution >= 0.6 is 0 Å². The van der Waals surface area contributed by atoms with Crippen molar-refractivity contribution < 1.29 is 14.6 Å². The molecule has 5 nitrogen and oxygen atoms in total. The standard InChI is InChI=1S/C13H12N2O3/c16-13(17)11-3-7-15-9-12(11)18-8-4-10-1-5-14-6-2-10/h1-3,5-7,9H,4,8H2,(H,16,17). The topological polar surface area (TPSA) is 72.3 Å². The van der Waals surface area contributed by atoms with Gasteiger partial charge in [-0.3, -0.25) is 9.97 Å². The molecule has 5 heteroatoms. The normalized spacial score (nSPS) is 10.0. The molecule has 0 unspecified atom stereocenters. The van der Waals surface area contributed by atoms with Crippen LogP contribution in [-0.4, -0.2) is 27.7 Å². The fraction of sp³-hybridized carbons (Fsp3) is 0.154. The monoisotopic (exact) mass is 244 g/mol. The van der Waals surface area contributed by atoms with Gasteiger partial charge in [-0.05, 0) is 23.8 Å². The number of ether oxygens (including phenoxy) is 1. The van der Waals surface area contributed by atoms with Gasteiger partial charge in [0.05, 0.1) is 12.8 Å². The highest BCUT2D eigenvalue weighted by Crippen LogP contribution is 2.16. The van der Waals surface area contributed by atoms with Crippen LogP contribution in [0.2, 0.25) is 0 Å². The van der Waals surface area contributed by atoms with Gasteiger partial charge in [0, 0.05) is 25.0 Å². The quantitative estimate of drug-likeness (QED) is 0.868. The van der Waals surface area contributed by atoms with Crippen LogP contribution < -0.4 is 4.74 Å². The predicted octanol–water partition coefficient (Wildman–Crippen LogP) is 1.80. The van der Waals surface area contributed by atoms with E-state index in [1.165, 1.54) is 18.5 Å². The summed E-state index contributed by atoms with van der Waals surface area (Å²) in [7, 11) is 0. The molecule has 0 aromatic carbocycles. The number of pyridine rings is 2. The Morgan fingerprint density at radius 3 is 2.61 bits per heavy atom. The summed E-state index contributed by atoms with van der Waals surface area (Å²) in [5.41, 5.74) is 1.21. The Kier molecular flexibility index (Phi) is 3.86. The van der Waals surface area contributed by atoms with Crippen LogP contribution in [-0.2, 0) is 6.42 Å². The third-order valence-corrected chi connectivity index (χ3v) is 2.41. The average molecular weight is 244 g/mol. The summed E-state index contributed by atoms with van der Waals surface area (Å²) in [6.07, 6.45) is 6.95. The van der Waals surface area contributed by atoms with Gasteiger partial charge < -0.3 is 9.84 Å². The van der Waals surface area contributed by atoms with Crippen molar-refractivity contribution in [2.45, 2.75) is 6.42 Å². The maximum Gasteiger partial charge on any atom is 0.339 e. The van der Waals surface area contributed by atoms with Crippen molar-refractivity contribution in [1.82, 2.24) is 9.97 Å². The van der Waals surface area contributed by atoms with E-state index in [2.05, 4.69) is 9.97 Å². The van der Waals surface area contributed by atoms with Gasteiger partial charge >= 0.3 is 5.97 Å². The molecule has 0 saturated heterocycles. The lowest BCUT2D eigenvalue weighted by atomic mass is 10.2. The van der Waals surface area contributed by atoms with E-state index in [-0.39, 0.29) is 5.56 Å². The molecule has 2 aromatic rings. The van der Waals surface area contributed by atoms with Gasteiger partial charge in [-0.15, -0.1) is 0 Å². The van der Waals surface area contributed by atoms with E-state index in [1.807, 2.05) is 12.1 Å². The minimum absolute atomic E-state index is 0.125. The van der Waals surface area contributed by atoms with Crippen molar-refractivity contribution in [3.63, 3.8) is 0 Å². The maximum absolute atomic E-state index is 10.9. The largest absolute Gasteiger partial charge is 0.491 e. The van der Waals surface area contributed by atoms with Gasteiger partial charge in [0.2, 0.25) is 0 Å². The average Bonchev–Trinajstić information content (AvgIpc) is 2.40. The summed E-state index contributed by atoms with van der Waals surface area (Å²) in [5, 5.41) is 8.97. The molecular weight excluding hydrogens is 232 g/mol. The number of aromatic carboxylic acids is 1. The molecule has 0 bridgehead atoms. The first kappa shape index (κ1) is 12.0. The Balaban J connectivity index is 1.97. The van der Waals surface area contributed by atoms with Gasteiger partial charge in [-0.2, -0.15) is 0 Å². The minimum atomic E-state index is -1.02. The number of carbonyl (C=O) groups is 1. The predicted molar refractivity (Wildman–Crippen MR) is 64.6 cm³/mol. The summed E-state index contributed by atoms with van der Waals surface area (Å²) in [4.78, 5) is 18.7. The molecule has 0 aliphatic carbocycles. The van der Waals surface area contributed by atoms with Gasteiger partial charge in [-0.1, -0.05) is 0 Å². The second-order valence-electron chi connectivity index (χ2n) is 3.63. The Morgan fingerprint density at radius 1 is 1.17 bits per heavy atom. The van der Waals surface area contributed by atoms with Crippen molar-refractivity contribution in [2.24, 2.45) is 0 Å². The SMILES string of the molecule is O=C(O)c1ccncc1OCCc1ccncc1. The van der Waals surface area contributed by atoms with Gasteiger partial charge in [0.1, 0.15) is 5.56 Å². The van der Waals surface area contributed by atoms with E-state index in [4.69, 9.17) is 9.84 Å². The number of rotatable bonds is 5. The minimum Gasteiger partial charge on any atom is -0.491 e. The Labute approximate surface area is 104 Å². The summed E-state index contributed by atoms with van der Waals surface area (Å²) in [6.45, 7) is 0.399. The lowest BCUT2D eigenvalue weighted by Gasteiger charge is -2.08. The van der Waals surface area contributed by atoms with Crippen molar-refractivity contribution in [1.29, 1.82) is 0 Å². The van der Waals surface area contributed by atoms with E-state index in [1.54, 1.807) is 12.4 Å². The van der Waals surface area contributed by atoms with E-state index in [0.717, 1.165) is 5.56 Å². The van der Waals surface area contributed by atoms with Crippen LogP contribution in [0.15, 0.2) is 43.0 Å². The van der Waals surface area contributed by atoms with Crippen LogP contribution in [0.3, 0.4) is 0 Å². The van der Waals surface area contributed by atoms with E-state index < -0.39 is 5.97 Å². The van der Waals surface area contributed by atoms with Crippen molar-refractivity contribution in [3.8, 4) is 5.75 Å². The van der Waals surface area contributed by atoms with Crippen LogP contribution in [0.1, 0.15) is 15.9 Å². The third-order valence-electron chi connectivity index (χ3n) is 2.41. The highest BCUT2D eigenvalue weighted by molar-refractivity contribution is 5.90. The fourth-order valence-corrected chi connectivity index (χ4v) is 1.50. The zero-order valence-electron chi connectivity index (χ0n) is 9.61. The molecule has 0 amide bonds. The highest BCUT2D eigenvalue weighted by atomic mass is 16.5. The molecule has 2 heterocycles. The molecule has 0 radical (unpaired) electrons. The van der Waals surface area contributed by atoms with Gasteiger partial charge in [0.25, 0.3) is 0 Å². The number of carboxylic acid groups (broad SMARTS) is 1. The Morgan fingerprint density at radius 2 is 1.89 bits per heavy atom. The maximum atomic E-state index is 10.9. The number of carboxylic acids is 1. The lowest BCUT2D eigenvalue weighted by molar-refractivity contribution is 0.0692. The van der Waals surface area contributed by atoms with E-state index in [9.17, 15) is 4.79 Å². The van der Waals surface area contributed by atoms with Crippen molar-refractivity contribution >= 4 is 5.97 Å². The molecule has 0 aliphatic heterocycles. The van der Waals surface area contributed by atoms with E-state index >= 15 is 0 Å². The molecule has 0 saturated carbocycles. The second-order valence-corrected chi connectivity index (χ2v) is 3.63. The number of hydrogen-bond acceptors (Lipinski definition) is 4. The molecular formula is C13H12N2O3. The zero-order chi connectivity index (χ0) is 12.8. The first-order chi connectivity index (χ1) is 8.77. The van der Waals surface area contributed by atoms with Crippen LogP contribution in [0.5, 0.6) is 5.75 Å². The molecule has 0 atom stereocenters.